The monoisotopic (exact) mass is 225 g/mol. The van der Waals surface area contributed by atoms with Crippen molar-refractivity contribution in [2.24, 2.45) is 0 Å². The van der Waals surface area contributed by atoms with E-state index in [0.717, 1.165) is 10.1 Å². The average molecular weight is 225 g/mol. The number of fused-ring (bicyclic) bond motifs is 1. The summed E-state index contributed by atoms with van der Waals surface area (Å²) in [5, 5.41) is 19.7. The molecule has 0 saturated heterocycles. The number of nitrogens with two attached hydrogens (primary N) is 1. The van der Waals surface area contributed by atoms with Gasteiger partial charge in [-0.05, 0) is 29.0 Å². The molecule has 2 rings (SSSR count). The predicted octanol–water partition coefficient (Wildman–Crippen LogP) is 0.452. The summed E-state index contributed by atoms with van der Waals surface area (Å²) < 4.78 is 0.915. The van der Waals surface area contributed by atoms with Crippen molar-refractivity contribution in [3.05, 3.63) is 18.2 Å². The first kappa shape index (κ1) is 9.85. The van der Waals surface area contributed by atoms with Gasteiger partial charge in [-0.25, -0.2) is 0 Å². The standard InChI is InChI=1S/C8H8BNO2S2/c10-8-3-5-6(9(11)12)1-4(13)2-7(5)14-8/h1-3,11-13H,10H2. The number of benzene rings is 1. The molecule has 0 aliphatic carbocycles. The van der Waals surface area contributed by atoms with Crippen molar-refractivity contribution >= 4 is 51.6 Å². The van der Waals surface area contributed by atoms with Crippen LogP contribution in [0.5, 0.6) is 0 Å². The van der Waals surface area contributed by atoms with Crippen molar-refractivity contribution in [1.82, 2.24) is 0 Å². The quantitative estimate of drug-likeness (QED) is 0.421. The molecular weight excluding hydrogens is 217 g/mol. The summed E-state index contributed by atoms with van der Waals surface area (Å²) >= 11 is 5.58. The molecule has 1 heterocycles. The van der Waals surface area contributed by atoms with Crippen molar-refractivity contribution in [2.75, 3.05) is 5.73 Å². The van der Waals surface area contributed by atoms with Gasteiger partial charge in [0.1, 0.15) is 0 Å². The minimum Gasteiger partial charge on any atom is -0.423 e. The van der Waals surface area contributed by atoms with Gasteiger partial charge in [-0.3, -0.25) is 0 Å². The fourth-order valence-corrected chi connectivity index (χ4v) is 2.64. The van der Waals surface area contributed by atoms with Crippen LogP contribution in [0.4, 0.5) is 5.00 Å². The number of nitrogen functional groups attached to an aromatic ring is 1. The number of hydrogen-bond acceptors (Lipinski definition) is 5. The predicted molar refractivity (Wildman–Crippen MR) is 63.3 cm³/mol. The zero-order valence-corrected chi connectivity index (χ0v) is 8.85. The van der Waals surface area contributed by atoms with Gasteiger partial charge in [0, 0.05) is 9.60 Å². The van der Waals surface area contributed by atoms with Crippen molar-refractivity contribution < 1.29 is 10.0 Å². The molecule has 0 saturated carbocycles. The maximum atomic E-state index is 9.14. The molecule has 72 valence electrons. The van der Waals surface area contributed by atoms with Crippen molar-refractivity contribution in [2.45, 2.75) is 4.90 Å². The molecule has 0 aliphatic rings. The van der Waals surface area contributed by atoms with E-state index >= 15 is 0 Å². The lowest BCUT2D eigenvalue weighted by atomic mass is 9.78. The molecule has 4 N–H and O–H groups in total. The molecule has 0 unspecified atom stereocenters. The summed E-state index contributed by atoms with van der Waals surface area (Å²) in [7, 11) is -1.49. The third-order valence-electron chi connectivity index (χ3n) is 1.95. The minimum atomic E-state index is -1.49. The van der Waals surface area contributed by atoms with Gasteiger partial charge in [0.2, 0.25) is 0 Å². The Hall–Kier alpha value is -0.685. The Balaban J connectivity index is 2.79. The Morgan fingerprint density at radius 3 is 2.64 bits per heavy atom. The Bertz CT molecular complexity index is 483. The van der Waals surface area contributed by atoms with Gasteiger partial charge in [-0.1, -0.05) is 0 Å². The Morgan fingerprint density at radius 1 is 1.29 bits per heavy atom. The van der Waals surface area contributed by atoms with Gasteiger partial charge < -0.3 is 15.8 Å². The summed E-state index contributed by atoms with van der Waals surface area (Å²) in [4.78, 5) is 0.697. The summed E-state index contributed by atoms with van der Waals surface area (Å²) in [6.45, 7) is 0. The second-order valence-corrected chi connectivity index (χ2v) is 4.60. The highest BCUT2D eigenvalue weighted by molar-refractivity contribution is 7.80. The fourth-order valence-electron chi connectivity index (χ4n) is 1.38. The minimum absolute atomic E-state index is 0.445. The first-order valence-electron chi connectivity index (χ1n) is 3.96. The van der Waals surface area contributed by atoms with Crippen LogP contribution in [0, 0.1) is 0 Å². The molecule has 1 aromatic carbocycles. The lowest BCUT2D eigenvalue weighted by Gasteiger charge is -2.02. The normalized spacial score (nSPS) is 10.8. The molecule has 0 aliphatic heterocycles. The van der Waals surface area contributed by atoms with Gasteiger partial charge in [-0.2, -0.15) is 0 Å². The topological polar surface area (TPSA) is 66.5 Å². The molecule has 0 bridgehead atoms. The second-order valence-electron chi connectivity index (χ2n) is 2.97. The van der Waals surface area contributed by atoms with E-state index < -0.39 is 7.12 Å². The van der Waals surface area contributed by atoms with Gasteiger partial charge in [0.15, 0.2) is 0 Å². The lowest BCUT2D eigenvalue weighted by molar-refractivity contribution is 0.426. The highest BCUT2D eigenvalue weighted by Crippen LogP contribution is 2.28. The summed E-state index contributed by atoms with van der Waals surface area (Å²) in [5.74, 6) is 0. The van der Waals surface area contributed by atoms with Gasteiger partial charge in [0.25, 0.3) is 0 Å². The van der Waals surface area contributed by atoms with Crippen LogP contribution >= 0.6 is 24.0 Å². The maximum Gasteiger partial charge on any atom is 0.489 e. The van der Waals surface area contributed by atoms with Crippen LogP contribution in [0.15, 0.2) is 23.1 Å². The first-order chi connectivity index (χ1) is 6.58. The highest BCUT2D eigenvalue weighted by atomic mass is 32.1. The smallest absolute Gasteiger partial charge is 0.423 e. The Morgan fingerprint density at radius 2 is 2.00 bits per heavy atom. The van der Waals surface area contributed by atoms with E-state index in [1.165, 1.54) is 11.3 Å². The van der Waals surface area contributed by atoms with E-state index in [1.807, 2.05) is 6.07 Å². The Kier molecular flexibility index (Phi) is 2.44. The molecule has 14 heavy (non-hydrogen) atoms. The van der Waals surface area contributed by atoms with Crippen LogP contribution < -0.4 is 11.2 Å². The van der Waals surface area contributed by atoms with Crippen LogP contribution in [0.3, 0.4) is 0 Å². The summed E-state index contributed by atoms with van der Waals surface area (Å²) in [6.07, 6.45) is 0. The summed E-state index contributed by atoms with van der Waals surface area (Å²) in [5.41, 5.74) is 6.08. The molecule has 6 heteroatoms. The molecule has 0 spiro atoms. The van der Waals surface area contributed by atoms with E-state index in [4.69, 9.17) is 15.8 Å². The zero-order chi connectivity index (χ0) is 10.3. The number of rotatable bonds is 1. The summed E-state index contributed by atoms with van der Waals surface area (Å²) in [6, 6.07) is 5.22. The molecule has 3 nitrogen and oxygen atoms in total. The maximum absolute atomic E-state index is 9.14. The fraction of sp³-hybridized carbons (Fsp3) is 0. The van der Waals surface area contributed by atoms with Crippen LogP contribution in [-0.2, 0) is 0 Å². The molecule has 2 aromatic rings. The van der Waals surface area contributed by atoms with Gasteiger partial charge >= 0.3 is 7.12 Å². The molecular formula is C8H8BNO2S2. The van der Waals surface area contributed by atoms with Crippen LogP contribution in [-0.4, -0.2) is 17.2 Å². The van der Waals surface area contributed by atoms with Crippen molar-refractivity contribution in [3.8, 4) is 0 Å². The van der Waals surface area contributed by atoms with Gasteiger partial charge in [0.05, 0.1) is 5.00 Å². The van der Waals surface area contributed by atoms with Crippen LogP contribution in [0.2, 0.25) is 0 Å². The number of thiophene rings is 1. The highest BCUT2D eigenvalue weighted by Gasteiger charge is 2.16. The van der Waals surface area contributed by atoms with Crippen molar-refractivity contribution in [1.29, 1.82) is 0 Å². The zero-order valence-electron chi connectivity index (χ0n) is 7.14. The van der Waals surface area contributed by atoms with Crippen LogP contribution in [0.1, 0.15) is 0 Å². The molecule has 0 atom stereocenters. The second kappa shape index (κ2) is 3.47. The average Bonchev–Trinajstić information content (AvgIpc) is 2.42. The molecule has 0 amide bonds. The number of anilines is 1. The van der Waals surface area contributed by atoms with Gasteiger partial charge in [-0.15, -0.1) is 24.0 Å². The Labute approximate surface area is 90.7 Å². The van der Waals surface area contributed by atoms with E-state index in [2.05, 4.69) is 12.6 Å². The van der Waals surface area contributed by atoms with Crippen LogP contribution in [0.25, 0.3) is 10.1 Å². The third kappa shape index (κ3) is 1.61. The largest absolute Gasteiger partial charge is 0.489 e. The third-order valence-corrected chi connectivity index (χ3v) is 3.12. The SMILES string of the molecule is Nc1cc2c(B(O)O)cc(S)cc2s1. The van der Waals surface area contributed by atoms with Crippen molar-refractivity contribution in [3.63, 3.8) is 0 Å². The van der Waals surface area contributed by atoms with E-state index in [0.29, 0.717) is 15.4 Å². The molecule has 0 radical (unpaired) electrons. The van der Waals surface area contributed by atoms with E-state index in [9.17, 15) is 0 Å². The number of thiol groups is 1. The van der Waals surface area contributed by atoms with E-state index in [-0.39, 0.29) is 0 Å². The lowest BCUT2D eigenvalue weighted by Crippen LogP contribution is -2.30. The number of hydrogen-bond donors (Lipinski definition) is 4. The molecule has 1 aromatic heterocycles. The molecule has 0 fully saturated rings. The first-order valence-corrected chi connectivity index (χ1v) is 5.22. The van der Waals surface area contributed by atoms with E-state index in [1.54, 1.807) is 12.1 Å².